The van der Waals surface area contributed by atoms with Crippen molar-refractivity contribution in [2.24, 2.45) is 17.3 Å². The second-order valence-corrected chi connectivity index (χ2v) is 9.90. The first kappa shape index (κ1) is 23.3. The van der Waals surface area contributed by atoms with Crippen molar-refractivity contribution in [3.05, 3.63) is 29.5 Å². The quantitative estimate of drug-likeness (QED) is 0.682. The third kappa shape index (κ3) is 3.81. The van der Waals surface area contributed by atoms with Gasteiger partial charge in [0.05, 0.1) is 28.9 Å². The van der Waals surface area contributed by atoms with Gasteiger partial charge in [-0.15, -0.1) is 0 Å². The van der Waals surface area contributed by atoms with Gasteiger partial charge in [0.15, 0.2) is 0 Å². The molecule has 1 saturated heterocycles. The topological polar surface area (TPSA) is 106 Å². The summed E-state index contributed by atoms with van der Waals surface area (Å²) in [6, 6.07) is 6.23. The third-order valence-electron chi connectivity index (χ3n) is 7.45. The Bertz CT molecular complexity index is 1100. The number of nitrogens with two attached hydrogens (primary N) is 1. The fourth-order valence-electron chi connectivity index (χ4n) is 6.10. The van der Waals surface area contributed by atoms with Gasteiger partial charge < -0.3 is 20.5 Å². The number of nitrogen functional groups attached to an aromatic ring is 1. The molecular formula is C26H35N3O4. The molecule has 1 aromatic carbocycles. The number of aromatic carboxylic acids is 1. The third-order valence-corrected chi connectivity index (χ3v) is 7.45. The van der Waals surface area contributed by atoms with Crippen LogP contribution in [-0.4, -0.2) is 45.6 Å². The molecule has 2 bridgehead atoms. The number of carboxylic acid groups (broad SMARTS) is 1. The number of carboxylic acids is 1. The van der Waals surface area contributed by atoms with Crippen LogP contribution in [0.1, 0.15) is 69.4 Å². The monoisotopic (exact) mass is 453 g/mol. The molecule has 2 heterocycles. The molecule has 33 heavy (non-hydrogen) atoms. The molecule has 0 radical (unpaired) electrons. The van der Waals surface area contributed by atoms with Gasteiger partial charge in [-0.25, -0.2) is 4.79 Å². The minimum Gasteiger partial charge on any atom is -0.493 e. The predicted octanol–water partition coefficient (Wildman–Crippen LogP) is 4.65. The Hall–Kier alpha value is -2.83. The van der Waals surface area contributed by atoms with Crippen LogP contribution in [0.25, 0.3) is 10.9 Å². The molecule has 178 valence electrons. The number of anilines is 1. The number of piperidine rings is 1. The van der Waals surface area contributed by atoms with E-state index in [1.165, 1.54) is 0 Å². The summed E-state index contributed by atoms with van der Waals surface area (Å²) in [7, 11) is 0. The molecule has 5 rings (SSSR count). The minimum atomic E-state index is -1.09. The fraction of sp³-hybridized carbons (Fsp3) is 0.577. The molecule has 2 aliphatic carbocycles. The van der Waals surface area contributed by atoms with E-state index in [0.29, 0.717) is 47.0 Å². The van der Waals surface area contributed by atoms with Crippen LogP contribution in [0.2, 0.25) is 0 Å². The van der Waals surface area contributed by atoms with Gasteiger partial charge in [0.1, 0.15) is 11.3 Å². The second kappa shape index (κ2) is 8.50. The molecule has 1 aromatic heterocycles. The number of ether oxygens (including phenoxy) is 1. The molecule has 7 heteroatoms. The van der Waals surface area contributed by atoms with Crippen LogP contribution < -0.4 is 10.5 Å². The molecule has 3 N–H and O–H groups in total. The first-order valence-corrected chi connectivity index (χ1v) is 12.1. The highest BCUT2D eigenvalue weighted by Gasteiger charge is 2.68. The minimum absolute atomic E-state index is 0.0295. The fourth-order valence-corrected chi connectivity index (χ4v) is 6.10. The van der Waals surface area contributed by atoms with Crippen molar-refractivity contribution in [3.8, 4) is 5.75 Å². The summed E-state index contributed by atoms with van der Waals surface area (Å²) in [6.45, 7) is 10.1. The van der Waals surface area contributed by atoms with E-state index in [4.69, 9.17) is 10.5 Å². The van der Waals surface area contributed by atoms with Crippen molar-refractivity contribution >= 4 is 28.5 Å². The number of aryl methyl sites for hydroxylation is 1. The van der Waals surface area contributed by atoms with E-state index in [-0.39, 0.29) is 28.5 Å². The number of hydrogen-bond donors (Lipinski definition) is 2. The number of carbonyl (C=O) groups excluding carboxylic acids is 1. The maximum absolute atomic E-state index is 12.7. The largest absolute Gasteiger partial charge is 0.493 e. The summed E-state index contributed by atoms with van der Waals surface area (Å²) in [5.74, 6) is 0.160. The van der Waals surface area contributed by atoms with Crippen LogP contribution in [0.4, 0.5) is 5.69 Å². The van der Waals surface area contributed by atoms with Gasteiger partial charge in [0, 0.05) is 18.0 Å². The van der Waals surface area contributed by atoms with E-state index in [2.05, 4.69) is 9.88 Å². The summed E-state index contributed by atoms with van der Waals surface area (Å²) in [4.78, 5) is 31.0. The maximum Gasteiger partial charge on any atom is 0.339 e. The molecule has 3 aliphatic rings. The van der Waals surface area contributed by atoms with E-state index in [0.717, 1.165) is 25.7 Å². The SMILES string of the molecule is CC.Cc1nc2cccc(OCC3CC4C[C@@]5(C3)CC5N4C(=O)C(C)C)c2c(N)c1C(=O)O. The van der Waals surface area contributed by atoms with E-state index in [9.17, 15) is 14.7 Å². The van der Waals surface area contributed by atoms with Crippen molar-refractivity contribution in [2.45, 2.75) is 72.4 Å². The Morgan fingerprint density at radius 3 is 2.67 bits per heavy atom. The average molecular weight is 454 g/mol. The zero-order valence-electron chi connectivity index (χ0n) is 20.2. The molecule has 7 nitrogen and oxygen atoms in total. The number of nitrogens with zero attached hydrogens (tertiary/aromatic N) is 2. The summed E-state index contributed by atoms with van der Waals surface area (Å²) in [5, 5.41) is 10.1. The van der Waals surface area contributed by atoms with Gasteiger partial charge in [-0.2, -0.15) is 0 Å². The van der Waals surface area contributed by atoms with Crippen LogP contribution in [-0.2, 0) is 4.79 Å². The molecule has 4 atom stereocenters. The predicted molar refractivity (Wildman–Crippen MR) is 128 cm³/mol. The lowest BCUT2D eigenvalue weighted by Gasteiger charge is -2.34. The van der Waals surface area contributed by atoms with Crippen LogP contribution in [0.15, 0.2) is 18.2 Å². The van der Waals surface area contributed by atoms with Gasteiger partial charge in [0.25, 0.3) is 0 Å². The number of fused-ring (bicyclic) bond motifs is 2. The second-order valence-electron chi connectivity index (χ2n) is 9.90. The van der Waals surface area contributed by atoms with E-state index >= 15 is 0 Å². The summed E-state index contributed by atoms with van der Waals surface area (Å²) >= 11 is 0. The highest BCUT2D eigenvalue weighted by atomic mass is 16.5. The molecule has 1 spiro atoms. The maximum atomic E-state index is 12.7. The summed E-state index contributed by atoms with van der Waals surface area (Å²) < 4.78 is 6.23. The molecule has 2 saturated carbocycles. The van der Waals surface area contributed by atoms with Gasteiger partial charge >= 0.3 is 5.97 Å². The van der Waals surface area contributed by atoms with Crippen LogP contribution >= 0.6 is 0 Å². The summed E-state index contributed by atoms with van der Waals surface area (Å²) in [5.41, 5.74) is 7.79. The number of carbonyl (C=O) groups is 2. The van der Waals surface area contributed by atoms with Gasteiger partial charge in [-0.3, -0.25) is 9.78 Å². The number of hydrogen-bond acceptors (Lipinski definition) is 5. The Morgan fingerprint density at radius 2 is 2.00 bits per heavy atom. The lowest BCUT2D eigenvalue weighted by Crippen LogP contribution is -2.42. The number of rotatable bonds is 5. The molecule has 3 unspecified atom stereocenters. The number of aromatic nitrogens is 1. The Labute approximate surface area is 195 Å². The zero-order chi connectivity index (χ0) is 24.1. The molecule has 1 aliphatic heterocycles. The molecule has 2 aromatic rings. The van der Waals surface area contributed by atoms with Gasteiger partial charge in [0.2, 0.25) is 5.91 Å². The van der Waals surface area contributed by atoms with E-state index < -0.39 is 5.97 Å². The van der Waals surface area contributed by atoms with Crippen molar-refractivity contribution in [3.63, 3.8) is 0 Å². The number of benzene rings is 1. The van der Waals surface area contributed by atoms with E-state index in [1.807, 2.05) is 45.9 Å². The number of likely N-dealkylation sites (tertiary alicyclic amines) is 1. The van der Waals surface area contributed by atoms with Crippen molar-refractivity contribution in [1.29, 1.82) is 0 Å². The van der Waals surface area contributed by atoms with Crippen LogP contribution in [0.5, 0.6) is 5.75 Å². The molecule has 1 amide bonds. The van der Waals surface area contributed by atoms with Gasteiger partial charge in [-0.1, -0.05) is 33.8 Å². The van der Waals surface area contributed by atoms with Gasteiger partial charge in [-0.05, 0) is 56.1 Å². The van der Waals surface area contributed by atoms with Crippen molar-refractivity contribution < 1.29 is 19.4 Å². The first-order valence-electron chi connectivity index (χ1n) is 12.1. The highest BCUT2D eigenvalue weighted by Crippen LogP contribution is 2.66. The first-order chi connectivity index (χ1) is 15.7. The lowest BCUT2D eigenvalue weighted by atomic mass is 9.78. The standard InChI is InChI=1S/C24H29N3O4.C2H6/c1-12(2)22(28)27-15-7-14(8-24(9-15)10-18(24)27)11-31-17-6-4-5-16-20(17)21(25)19(23(29)30)13(3)26-16;1-2/h4-6,12,14-15,18H,7-11H2,1-3H3,(H2,25,26)(H,29,30);1-2H3/t14?,15?,18?,24-;/m0./s1. The number of pyridine rings is 1. The Kier molecular flexibility index (Phi) is 6.01. The van der Waals surface area contributed by atoms with Crippen molar-refractivity contribution in [2.75, 3.05) is 12.3 Å². The van der Waals surface area contributed by atoms with Crippen LogP contribution in [0, 0.1) is 24.2 Å². The summed E-state index contributed by atoms with van der Waals surface area (Å²) in [6.07, 6.45) is 4.27. The molecular weight excluding hydrogens is 418 g/mol. The normalized spacial score (nSPS) is 27.1. The number of amides is 1. The highest BCUT2D eigenvalue weighted by molar-refractivity contribution is 6.06. The van der Waals surface area contributed by atoms with Crippen LogP contribution in [0.3, 0.4) is 0 Å². The lowest BCUT2D eigenvalue weighted by molar-refractivity contribution is -0.136. The molecule has 3 fully saturated rings. The zero-order valence-corrected chi connectivity index (χ0v) is 20.2. The van der Waals surface area contributed by atoms with Crippen molar-refractivity contribution in [1.82, 2.24) is 9.88 Å². The Morgan fingerprint density at radius 1 is 1.27 bits per heavy atom. The smallest absolute Gasteiger partial charge is 0.339 e. The van der Waals surface area contributed by atoms with E-state index in [1.54, 1.807) is 6.92 Å². The Balaban J connectivity index is 0.00000126. The average Bonchev–Trinajstić information content (AvgIpc) is 3.37.